The van der Waals surface area contributed by atoms with Gasteiger partial charge in [-0.2, -0.15) is 0 Å². The Labute approximate surface area is 157 Å². The molecule has 0 amide bonds. The van der Waals surface area contributed by atoms with E-state index in [4.69, 9.17) is 20.3 Å². The first kappa shape index (κ1) is 17.4. The molecule has 6 nitrogen and oxygen atoms in total. The first-order chi connectivity index (χ1) is 13.1. The lowest BCUT2D eigenvalue weighted by Crippen LogP contribution is -2.19. The van der Waals surface area contributed by atoms with Crippen LogP contribution in [0.2, 0.25) is 0 Å². The van der Waals surface area contributed by atoms with Crippen molar-refractivity contribution in [2.45, 2.75) is 25.4 Å². The van der Waals surface area contributed by atoms with Gasteiger partial charge in [-0.15, -0.1) is 0 Å². The minimum absolute atomic E-state index is 0.0471. The van der Waals surface area contributed by atoms with Crippen LogP contribution in [-0.2, 0) is 12.8 Å². The van der Waals surface area contributed by atoms with Crippen LogP contribution in [0.4, 0.5) is 0 Å². The zero-order chi connectivity index (χ0) is 18.8. The van der Waals surface area contributed by atoms with E-state index in [0.29, 0.717) is 11.3 Å². The average molecular weight is 365 g/mol. The SMILES string of the molecule is N=C(N)c1ccc2oc(CCc3ccc(O[C@H]4CCNC4)c(O)c3)cc2c1. The molecule has 1 saturated heterocycles. The molecule has 5 N–H and O–H groups in total. The zero-order valence-corrected chi connectivity index (χ0v) is 15.0. The summed E-state index contributed by atoms with van der Waals surface area (Å²) in [7, 11) is 0. The predicted octanol–water partition coefficient (Wildman–Crippen LogP) is 2.95. The summed E-state index contributed by atoms with van der Waals surface area (Å²) < 4.78 is 11.7. The molecule has 27 heavy (non-hydrogen) atoms. The van der Waals surface area contributed by atoms with E-state index < -0.39 is 0 Å². The van der Waals surface area contributed by atoms with Crippen LogP contribution in [0, 0.1) is 5.41 Å². The van der Waals surface area contributed by atoms with E-state index in [1.165, 1.54) is 0 Å². The van der Waals surface area contributed by atoms with E-state index in [1.54, 1.807) is 12.1 Å². The molecule has 0 bridgehead atoms. The fraction of sp³-hybridized carbons (Fsp3) is 0.286. The van der Waals surface area contributed by atoms with Crippen molar-refractivity contribution in [1.82, 2.24) is 5.32 Å². The number of nitrogens with two attached hydrogens (primary N) is 1. The number of ether oxygens (including phenoxy) is 1. The van der Waals surface area contributed by atoms with Crippen LogP contribution in [0.3, 0.4) is 0 Å². The van der Waals surface area contributed by atoms with Crippen molar-refractivity contribution in [2.75, 3.05) is 13.1 Å². The van der Waals surface area contributed by atoms with Crippen molar-refractivity contribution in [3.63, 3.8) is 0 Å². The van der Waals surface area contributed by atoms with E-state index in [-0.39, 0.29) is 17.7 Å². The molecule has 2 heterocycles. The number of hydrogen-bond acceptors (Lipinski definition) is 5. The van der Waals surface area contributed by atoms with Crippen LogP contribution in [0.25, 0.3) is 11.0 Å². The molecule has 0 radical (unpaired) electrons. The highest BCUT2D eigenvalue weighted by molar-refractivity contribution is 5.98. The fourth-order valence-electron chi connectivity index (χ4n) is 3.38. The van der Waals surface area contributed by atoms with Gasteiger partial charge in [0, 0.05) is 23.9 Å². The summed E-state index contributed by atoms with van der Waals surface area (Å²) in [5.74, 6) is 1.62. The first-order valence-electron chi connectivity index (χ1n) is 9.14. The highest BCUT2D eigenvalue weighted by atomic mass is 16.5. The van der Waals surface area contributed by atoms with Crippen LogP contribution in [-0.4, -0.2) is 30.1 Å². The normalized spacial score (nSPS) is 16.7. The molecule has 3 aromatic rings. The molecule has 1 aromatic heterocycles. The van der Waals surface area contributed by atoms with E-state index >= 15 is 0 Å². The second-order valence-electron chi connectivity index (χ2n) is 6.91. The van der Waals surface area contributed by atoms with Gasteiger partial charge in [0.15, 0.2) is 11.5 Å². The monoisotopic (exact) mass is 365 g/mol. The Morgan fingerprint density at radius 1 is 1.22 bits per heavy atom. The number of nitrogen functional groups attached to an aromatic ring is 1. The summed E-state index contributed by atoms with van der Waals surface area (Å²) in [5, 5.41) is 22.0. The Morgan fingerprint density at radius 2 is 2.11 bits per heavy atom. The van der Waals surface area contributed by atoms with Crippen LogP contribution in [0.1, 0.15) is 23.3 Å². The van der Waals surface area contributed by atoms with Gasteiger partial charge in [-0.3, -0.25) is 5.41 Å². The number of hydrogen-bond donors (Lipinski definition) is 4. The maximum absolute atomic E-state index is 10.2. The molecule has 140 valence electrons. The Hall–Kier alpha value is -2.99. The van der Waals surface area contributed by atoms with Crippen LogP contribution < -0.4 is 15.8 Å². The smallest absolute Gasteiger partial charge is 0.161 e. The molecular formula is C21H23N3O3. The molecule has 0 spiro atoms. The number of benzene rings is 2. The Kier molecular flexibility index (Phi) is 4.73. The highest BCUT2D eigenvalue weighted by Gasteiger charge is 2.17. The topological polar surface area (TPSA) is 105 Å². The lowest BCUT2D eigenvalue weighted by Gasteiger charge is -2.14. The summed E-state index contributed by atoms with van der Waals surface area (Å²) >= 11 is 0. The molecule has 1 aliphatic rings. The van der Waals surface area contributed by atoms with E-state index in [1.807, 2.05) is 30.3 Å². The van der Waals surface area contributed by atoms with Crippen LogP contribution in [0.15, 0.2) is 46.9 Å². The summed E-state index contributed by atoms with van der Waals surface area (Å²) in [4.78, 5) is 0. The van der Waals surface area contributed by atoms with Gasteiger partial charge in [0.2, 0.25) is 0 Å². The number of aryl methyl sites for hydroxylation is 2. The second kappa shape index (κ2) is 7.32. The van der Waals surface area contributed by atoms with Crippen molar-refractivity contribution in [1.29, 1.82) is 5.41 Å². The number of fused-ring (bicyclic) bond motifs is 1. The molecule has 1 atom stereocenters. The molecule has 2 aromatic carbocycles. The largest absolute Gasteiger partial charge is 0.504 e. The number of phenols is 1. The molecule has 1 fully saturated rings. The minimum Gasteiger partial charge on any atom is -0.504 e. The molecular weight excluding hydrogens is 342 g/mol. The van der Waals surface area contributed by atoms with Crippen molar-refractivity contribution in [3.05, 3.63) is 59.4 Å². The predicted molar refractivity (Wildman–Crippen MR) is 105 cm³/mol. The lowest BCUT2D eigenvalue weighted by molar-refractivity contribution is 0.214. The number of nitrogens with one attached hydrogen (secondary N) is 2. The molecule has 4 rings (SSSR count). The van der Waals surface area contributed by atoms with E-state index in [9.17, 15) is 5.11 Å². The van der Waals surface area contributed by atoms with Gasteiger partial charge in [-0.1, -0.05) is 6.07 Å². The maximum atomic E-state index is 10.2. The Morgan fingerprint density at radius 3 is 2.85 bits per heavy atom. The van der Waals surface area contributed by atoms with Gasteiger partial charge in [0.05, 0.1) is 0 Å². The number of rotatable bonds is 6. The van der Waals surface area contributed by atoms with Crippen molar-refractivity contribution in [3.8, 4) is 11.5 Å². The number of amidine groups is 1. The summed E-state index contributed by atoms with van der Waals surface area (Å²) in [6, 6.07) is 13.0. The molecule has 6 heteroatoms. The summed E-state index contributed by atoms with van der Waals surface area (Å²) in [6.45, 7) is 1.77. The number of furan rings is 1. The average Bonchev–Trinajstić information content (AvgIpc) is 3.30. The van der Waals surface area contributed by atoms with Crippen molar-refractivity contribution >= 4 is 16.8 Å². The molecule has 0 saturated carbocycles. The van der Waals surface area contributed by atoms with Gasteiger partial charge in [-0.25, -0.2) is 0 Å². The van der Waals surface area contributed by atoms with Gasteiger partial charge in [0.25, 0.3) is 0 Å². The van der Waals surface area contributed by atoms with Crippen molar-refractivity contribution in [2.24, 2.45) is 5.73 Å². The second-order valence-corrected chi connectivity index (χ2v) is 6.91. The summed E-state index contributed by atoms with van der Waals surface area (Å²) in [6.07, 6.45) is 2.55. The van der Waals surface area contributed by atoms with Gasteiger partial charge in [-0.05, 0) is 61.3 Å². The Bertz CT molecular complexity index is 974. The molecule has 1 aliphatic heterocycles. The van der Waals surface area contributed by atoms with Gasteiger partial charge in [0.1, 0.15) is 23.3 Å². The maximum Gasteiger partial charge on any atom is 0.161 e. The Balaban J connectivity index is 1.42. The van der Waals surface area contributed by atoms with Crippen LogP contribution >= 0.6 is 0 Å². The van der Waals surface area contributed by atoms with Gasteiger partial charge >= 0.3 is 0 Å². The highest BCUT2D eigenvalue weighted by Crippen LogP contribution is 2.29. The molecule has 0 aliphatic carbocycles. The third-order valence-corrected chi connectivity index (χ3v) is 4.87. The lowest BCUT2D eigenvalue weighted by atomic mass is 10.1. The zero-order valence-electron chi connectivity index (χ0n) is 15.0. The fourth-order valence-corrected chi connectivity index (χ4v) is 3.38. The third kappa shape index (κ3) is 3.90. The quantitative estimate of drug-likeness (QED) is 0.397. The first-order valence-corrected chi connectivity index (χ1v) is 9.14. The van der Waals surface area contributed by atoms with Gasteiger partial charge < -0.3 is 25.3 Å². The molecule has 0 unspecified atom stereocenters. The van der Waals surface area contributed by atoms with E-state index in [2.05, 4.69) is 5.32 Å². The minimum atomic E-state index is 0.0471. The van der Waals surface area contributed by atoms with Crippen molar-refractivity contribution < 1.29 is 14.3 Å². The third-order valence-electron chi connectivity index (χ3n) is 4.87. The standard InChI is InChI=1S/C21H23N3O3/c22-21(23)14-3-6-19-15(10-14)11-16(26-19)4-1-13-2-5-20(18(25)9-13)27-17-7-8-24-12-17/h2-3,5-6,9-11,17,24-25H,1,4,7-8,12H2,(H3,22,23)/t17-/m0/s1. The number of aromatic hydroxyl groups is 1. The number of phenolic OH excluding ortho intramolecular Hbond substituents is 1. The van der Waals surface area contributed by atoms with Crippen LogP contribution in [0.5, 0.6) is 11.5 Å². The van der Waals surface area contributed by atoms with E-state index in [0.717, 1.165) is 54.6 Å². The summed E-state index contributed by atoms with van der Waals surface area (Å²) in [5.41, 5.74) is 8.03.